The maximum Gasteiger partial charge on any atom is 0.0723 e. The Morgan fingerprint density at radius 3 is 3.50 bits per heavy atom. The number of ether oxygens (including phenoxy) is 1. The summed E-state index contributed by atoms with van der Waals surface area (Å²) in [6, 6.07) is 0. The van der Waals surface area contributed by atoms with E-state index in [0.717, 1.165) is 13.2 Å². The summed E-state index contributed by atoms with van der Waals surface area (Å²) >= 11 is 0. The average Bonchev–Trinajstić information content (AvgIpc) is 1.94. The Kier molecular flexibility index (Phi) is 1.92. The number of hydrogen-bond donors (Lipinski definition) is 1. The molecule has 1 N–H and O–H groups in total. The van der Waals surface area contributed by atoms with Crippen molar-refractivity contribution >= 4 is 0 Å². The highest BCUT2D eigenvalue weighted by Gasteiger charge is 1.99. The highest BCUT2D eigenvalue weighted by molar-refractivity contribution is 4.82. The van der Waals surface area contributed by atoms with Gasteiger partial charge < -0.3 is 10.1 Å². The second-order valence-electron chi connectivity index (χ2n) is 1.95. The summed E-state index contributed by atoms with van der Waals surface area (Å²) in [6.07, 6.45) is 4.26. The molecule has 0 unspecified atom stereocenters. The third-order valence-corrected chi connectivity index (χ3v) is 1.12. The summed E-state index contributed by atoms with van der Waals surface area (Å²) in [6.45, 7) is 3.73. The van der Waals surface area contributed by atoms with Gasteiger partial charge in [-0.3, -0.25) is 0 Å². The van der Waals surface area contributed by atoms with E-state index in [1.54, 1.807) is 0 Å². The third kappa shape index (κ3) is 1.54. The molecule has 0 spiro atoms. The molecule has 0 bridgehead atoms. The highest BCUT2D eigenvalue weighted by atomic mass is 16.5. The van der Waals surface area contributed by atoms with E-state index in [9.17, 15) is 0 Å². The molecule has 1 rings (SSSR count). The molecular weight excluding hydrogens is 102 g/mol. The van der Waals surface area contributed by atoms with E-state index in [4.69, 9.17) is 4.74 Å². The smallest absolute Gasteiger partial charge is 0.0723 e. The van der Waals surface area contributed by atoms with Gasteiger partial charge in [-0.2, -0.15) is 0 Å². The minimum atomic E-state index is 0.352. The van der Waals surface area contributed by atoms with Crippen molar-refractivity contribution in [1.29, 1.82) is 0 Å². The third-order valence-electron chi connectivity index (χ3n) is 1.12. The minimum Gasteiger partial charge on any atom is -0.388 e. The van der Waals surface area contributed by atoms with Crippen molar-refractivity contribution in [3.63, 3.8) is 0 Å². The number of nitrogens with one attached hydrogen (secondary N) is 1. The minimum absolute atomic E-state index is 0.352. The summed E-state index contributed by atoms with van der Waals surface area (Å²) in [5.41, 5.74) is 0. The zero-order chi connectivity index (χ0) is 5.82. The van der Waals surface area contributed by atoms with E-state index in [1.165, 1.54) is 0 Å². The lowest BCUT2D eigenvalue weighted by molar-refractivity contribution is 0.0952. The van der Waals surface area contributed by atoms with Gasteiger partial charge in [0.1, 0.15) is 0 Å². The molecule has 0 radical (unpaired) electrons. The standard InChI is InChI=1S/C6H11NO/c1-6-5-7-3-2-4-8-6/h2-3,6-7H,4-5H2,1H3/t6-/m1/s1. The molecule has 0 aromatic carbocycles. The first-order valence-electron chi connectivity index (χ1n) is 2.89. The molecule has 0 aromatic heterocycles. The Labute approximate surface area is 49.5 Å². The van der Waals surface area contributed by atoms with Crippen LogP contribution >= 0.6 is 0 Å². The molecule has 0 saturated carbocycles. The second-order valence-corrected chi connectivity index (χ2v) is 1.95. The highest BCUT2D eigenvalue weighted by Crippen LogP contribution is 1.91. The second kappa shape index (κ2) is 2.72. The van der Waals surface area contributed by atoms with Crippen LogP contribution in [0.15, 0.2) is 12.3 Å². The molecule has 2 nitrogen and oxygen atoms in total. The molecule has 1 atom stereocenters. The van der Waals surface area contributed by atoms with Crippen LogP contribution in [0.2, 0.25) is 0 Å². The van der Waals surface area contributed by atoms with Gasteiger partial charge in [-0.05, 0) is 19.2 Å². The summed E-state index contributed by atoms with van der Waals surface area (Å²) in [5, 5.41) is 3.09. The van der Waals surface area contributed by atoms with Crippen molar-refractivity contribution in [2.75, 3.05) is 13.2 Å². The van der Waals surface area contributed by atoms with Gasteiger partial charge in [0.15, 0.2) is 0 Å². The van der Waals surface area contributed by atoms with Gasteiger partial charge in [0.25, 0.3) is 0 Å². The van der Waals surface area contributed by atoms with Gasteiger partial charge in [-0.25, -0.2) is 0 Å². The van der Waals surface area contributed by atoms with Crippen molar-refractivity contribution in [2.45, 2.75) is 13.0 Å². The van der Waals surface area contributed by atoms with Crippen molar-refractivity contribution in [3.8, 4) is 0 Å². The first-order chi connectivity index (χ1) is 3.89. The molecule has 1 aliphatic rings. The Hall–Kier alpha value is -0.500. The Morgan fingerprint density at radius 2 is 2.62 bits per heavy atom. The van der Waals surface area contributed by atoms with Crippen LogP contribution in [0.25, 0.3) is 0 Å². The van der Waals surface area contributed by atoms with Crippen LogP contribution in [0.4, 0.5) is 0 Å². The summed E-state index contributed by atoms with van der Waals surface area (Å²) < 4.78 is 5.25. The molecule has 0 aromatic rings. The van der Waals surface area contributed by atoms with Crippen molar-refractivity contribution in [3.05, 3.63) is 12.3 Å². The predicted octanol–water partition coefficient (Wildman–Crippen LogP) is 0.508. The molecule has 0 fully saturated rings. The Balaban J connectivity index is 2.28. The van der Waals surface area contributed by atoms with Crippen molar-refractivity contribution in [2.24, 2.45) is 0 Å². The lowest BCUT2D eigenvalue weighted by Crippen LogP contribution is -2.20. The topological polar surface area (TPSA) is 21.3 Å². The van der Waals surface area contributed by atoms with Crippen molar-refractivity contribution < 1.29 is 4.74 Å². The fourth-order valence-corrected chi connectivity index (χ4v) is 0.644. The summed E-state index contributed by atoms with van der Waals surface area (Å²) in [7, 11) is 0. The Morgan fingerprint density at radius 1 is 1.75 bits per heavy atom. The van der Waals surface area contributed by atoms with Crippen LogP contribution in [0.1, 0.15) is 6.92 Å². The predicted molar refractivity (Wildman–Crippen MR) is 32.6 cm³/mol. The molecule has 1 aliphatic heterocycles. The fraction of sp³-hybridized carbons (Fsp3) is 0.667. The van der Waals surface area contributed by atoms with E-state index in [1.807, 2.05) is 12.3 Å². The van der Waals surface area contributed by atoms with Crippen LogP contribution < -0.4 is 5.32 Å². The van der Waals surface area contributed by atoms with Crippen LogP contribution in [-0.4, -0.2) is 19.3 Å². The van der Waals surface area contributed by atoms with E-state index in [0.29, 0.717) is 6.10 Å². The van der Waals surface area contributed by atoms with Crippen LogP contribution in [-0.2, 0) is 4.74 Å². The lowest BCUT2D eigenvalue weighted by Gasteiger charge is -2.06. The van der Waals surface area contributed by atoms with Gasteiger partial charge in [0.05, 0.1) is 12.7 Å². The molecule has 0 amide bonds. The number of hydrogen-bond acceptors (Lipinski definition) is 2. The monoisotopic (exact) mass is 113 g/mol. The van der Waals surface area contributed by atoms with Crippen LogP contribution in [0, 0.1) is 0 Å². The zero-order valence-corrected chi connectivity index (χ0v) is 5.05. The van der Waals surface area contributed by atoms with Crippen LogP contribution in [0.3, 0.4) is 0 Å². The van der Waals surface area contributed by atoms with Gasteiger partial charge >= 0.3 is 0 Å². The first-order valence-corrected chi connectivity index (χ1v) is 2.89. The van der Waals surface area contributed by atoms with Gasteiger partial charge in [-0.15, -0.1) is 0 Å². The van der Waals surface area contributed by atoms with Crippen molar-refractivity contribution in [1.82, 2.24) is 5.32 Å². The van der Waals surface area contributed by atoms with Gasteiger partial charge in [0, 0.05) is 6.54 Å². The normalized spacial score (nSPS) is 28.9. The number of rotatable bonds is 0. The molecule has 0 aliphatic carbocycles. The largest absolute Gasteiger partial charge is 0.388 e. The fourth-order valence-electron chi connectivity index (χ4n) is 0.644. The maximum atomic E-state index is 5.25. The molecular formula is C6H11NO. The quantitative estimate of drug-likeness (QED) is 0.494. The molecule has 2 heteroatoms. The first kappa shape index (κ1) is 5.63. The molecule has 0 saturated heterocycles. The summed E-state index contributed by atoms with van der Waals surface area (Å²) in [4.78, 5) is 0. The maximum absolute atomic E-state index is 5.25. The molecule has 8 heavy (non-hydrogen) atoms. The van der Waals surface area contributed by atoms with E-state index in [2.05, 4.69) is 12.2 Å². The average molecular weight is 113 g/mol. The van der Waals surface area contributed by atoms with Crippen LogP contribution in [0.5, 0.6) is 0 Å². The lowest BCUT2D eigenvalue weighted by atomic mass is 10.4. The molecule has 46 valence electrons. The SMILES string of the molecule is C[C@@H]1CNC=CCO1. The van der Waals surface area contributed by atoms with E-state index < -0.39 is 0 Å². The van der Waals surface area contributed by atoms with E-state index >= 15 is 0 Å². The van der Waals surface area contributed by atoms with E-state index in [-0.39, 0.29) is 0 Å². The van der Waals surface area contributed by atoms with Gasteiger partial charge in [-0.1, -0.05) is 0 Å². The molecule has 1 heterocycles. The Bertz CT molecular complexity index is 80.5. The zero-order valence-electron chi connectivity index (χ0n) is 5.05. The van der Waals surface area contributed by atoms with Gasteiger partial charge in [0.2, 0.25) is 0 Å². The summed E-state index contributed by atoms with van der Waals surface area (Å²) in [5.74, 6) is 0.